The van der Waals surface area contributed by atoms with Gasteiger partial charge in [-0.05, 0) is 29.8 Å². The molecule has 33 heavy (non-hydrogen) atoms. The number of carbonyl (C=O) groups excluding carboxylic acids is 1. The summed E-state index contributed by atoms with van der Waals surface area (Å²) in [4.78, 5) is 33.4. The van der Waals surface area contributed by atoms with Crippen LogP contribution in [0.25, 0.3) is 22.6 Å². The molecule has 2 aromatic carbocycles. The van der Waals surface area contributed by atoms with E-state index < -0.39 is 0 Å². The number of fused-ring (bicyclic) bond motifs is 1. The van der Waals surface area contributed by atoms with Gasteiger partial charge in [-0.2, -0.15) is 9.97 Å². The van der Waals surface area contributed by atoms with Crippen LogP contribution >= 0.6 is 23.2 Å². The quantitative estimate of drug-likeness (QED) is 0.459. The standard InChI is InChI=1S/C23H21Cl2N7O/c24-15-5-3-4-14(12-15)13-18(33)31-8-10-32(11-9-31)22-19-21(29-23(26)30-22)28-20(27-19)16-6-1-2-7-17(16)25/h1-7,12H,8-11,13H2,(H3,26,27,28,29,30). The van der Waals surface area contributed by atoms with Gasteiger partial charge in [0.1, 0.15) is 11.3 Å². The fourth-order valence-corrected chi connectivity index (χ4v) is 4.45. The monoisotopic (exact) mass is 481 g/mol. The highest BCUT2D eigenvalue weighted by molar-refractivity contribution is 6.33. The van der Waals surface area contributed by atoms with Gasteiger partial charge in [0.15, 0.2) is 11.5 Å². The molecular formula is C23H21Cl2N7O. The molecule has 1 saturated heterocycles. The third kappa shape index (κ3) is 4.44. The number of imidazole rings is 1. The van der Waals surface area contributed by atoms with Crippen LogP contribution in [0.4, 0.5) is 11.8 Å². The van der Waals surface area contributed by atoms with Crippen LogP contribution in [0, 0.1) is 0 Å². The summed E-state index contributed by atoms with van der Waals surface area (Å²) in [5, 5.41) is 1.22. The van der Waals surface area contributed by atoms with E-state index in [9.17, 15) is 4.79 Å². The summed E-state index contributed by atoms with van der Waals surface area (Å²) in [5.74, 6) is 1.50. The number of rotatable bonds is 4. The summed E-state index contributed by atoms with van der Waals surface area (Å²) < 4.78 is 0. The highest BCUT2D eigenvalue weighted by Crippen LogP contribution is 2.30. The number of piperazine rings is 1. The molecule has 3 N–H and O–H groups in total. The van der Waals surface area contributed by atoms with Crippen LogP contribution in [0.1, 0.15) is 5.56 Å². The Hall–Kier alpha value is -3.36. The van der Waals surface area contributed by atoms with Crippen molar-refractivity contribution >= 4 is 52.0 Å². The maximum Gasteiger partial charge on any atom is 0.227 e. The molecule has 4 aromatic rings. The minimum Gasteiger partial charge on any atom is -0.368 e. The van der Waals surface area contributed by atoms with E-state index in [1.165, 1.54) is 0 Å². The lowest BCUT2D eigenvalue weighted by Gasteiger charge is -2.35. The Bertz CT molecular complexity index is 1330. The minimum absolute atomic E-state index is 0.0758. The first-order chi connectivity index (χ1) is 16.0. The number of hydrogen-bond donors (Lipinski definition) is 2. The van der Waals surface area contributed by atoms with E-state index >= 15 is 0 Å². The summed E-state index contributed by atoms with van der Waals surface area (Å²) in [7, 11) is 0. The summed E-state index contributed by atoms with van der Waals surface area (Å²) in [5.41, 5.74) is 8.83. The number of nitrogens with two attached hydrogens (primary N) is 1. The molecule has 0 spiro atoms. The molecule has 0 aliphatic carbocycles. The Labute approximate surface area is 200 Å². The van der Waals surface area contributed by atoms with Crippen molar-refractivity contribution in [2.45, 2.75) is 6.42 Å². The zero-order chi connectivity index (χ0) is 22.9. The molecule has 3 heterocycles. The van der Waals surface area contributed by atoms with Crippen molar-refractivity contribution in [2.75, 3.05) is 36.8 Å². The number of carbonyl (C=O) groups is 1. The lowest BCUT2D eigenvalue weighted by Crippen LogP contribution is -2.49. The number of hydrogen-bond acceptors (Lipinski definition) is 6. The zero-order valence-corrected chi connectivity index (χ0v) is 19.1. The van der Waals surface area contributed by atoms with E-state index in [0.717, 1.165) is 11.1 Å². The lowest BCUT2D eigenvalue weighted by atomic mass is 10.1. The Morgan fingerprint density at radius 3 is 2.55 bits per heavy atom. The first-order valence-electron chi connectivity index (χ1n) is 10.5. The maximum atomic E-state index is 12.8. The molecule has 1 aliphatic heterocycles. The van der Waals surface area contributed by atoms with E-state index in [0.29, 0.717) is 65.5 Å². The van der Waals surface area contributed by atoms with Crippen LogP contribution < -0.4 is 10.6 Å². The van der Waals surface area contributed by atoms with E-state index in [4.69, 9.17) is 28.9 Å². The number of aromatic nitrogens is 4. The van der Waals surface area contributed by atoms with Crippen molar-refractivity contribution in [3.05, 3.63) is 64.1 Å². The van der Waals surface area contributed by atoms with Crippen molar-refractivity contribution < 1.29 is 4.79 Å². The van der Waals surface area contributed by atoms with Crippen molar-refractivity contribution in [1.29, 1.82) is 0 Å². The van der Waals surface area contributed by atoms with Crippen LogP contribution in [-0.4, -0.2) is 56.9 Å². The van der Waals surface area contributed by atoms with Crippen LogP contribution in [0.15, 0.2) is 48.5 Å². The Morgan fingerprint density at radius 2 is 1.79 bits per heavy atom. The highest BCUT2D eigenvalue weighted by Gasteiger charge is 2.25. The van der Waals surface area contributed by atoms with Gasteiger partial charge in [0.2, 0.25) is 11.9 Å². The number of H-pyrrole nitrogens is 1. The molecule has 0 radical (unpaired) electrons. The van der Waals surface area contributed by atoms with Gasteiger partial charge in [-0.1, -0.05) is 47.5 Å². The molecule has 0 bridgehead atoms. The smallest absolute Gasteiger partial charge is 0.227 e. The maximum absolute atomic E-state index is 12.8. The molecule has 5 rings (SSSR count). The van der Waals surface area contributed by atoms with Gasteiger partial charge in [-0.15, -0.1) is 0 Å². The second-order valence-electron chi connectivity index (χ2n) is 7.84. The molecule has 0 atom stereocenters. The number of nitrogens with one attached hydrogen (secondary N) is 1. The third-order valence-corrected chi connectivity index (χ3v) is 6.22. The molecule has 168 valence electrons. The van der Waals surface area contributed by atoms with E-state index in [2.05, 4.69) is 24.8 Å². The fraction of sp³-hybridized carbons (Fsp3) is 0.217. The number of nitrogens with zero attached hydrogens (tertiary/aromatic N) is 5. The second kappa shape index (κ2) is 8.88. The van der Waals surface area contributed by atoms with Gasteiger partial charge >= 0.3 is 0 Å². The molecule has 0 saturated carbocycles. The first kappa shape index (κ1) is 21.5. The summed E-state index contributed by atoms with van der Waals surface area (Å²) in [6.07, 6.45) is 0.326. The summed E-state index contributed by atoms with van der Waals surface area (Å²) >= 11 is 12.4. The van der Waals surface area contributed by atoms with Gasteiger partial charge in [0.25, 0.3) is 0 Å². The second-order valence-corrected chi connectivity index (χ2v) is 8.69. The Kier molecular flexibility index (Phi) is 5.78. The number of anilines is 2. The number of amides is 1. The van der Waals surface area contributed by atoms with E-state index in [1.54, 1.807) is 6.07 Å². The molecule has 1 fully saturated rings. The zero-order valence-electron chi connectivity index (χ0n) is 17.6. The predicted molar refractivity (Wildman–Crippen MR) is 130 cm³/mol. The van der Waals surface area contributed by atoms with Crippen molar-refractivity contribution in [2.24, 2.45) is 0 Å². The van der Waals surface area contributed by atoms with Crippen molar-refractivity contribution in [3.8, 4) is 11.4 Å². The Morgan fingerprint density at radius 1 is 1.00 bits per heavy atom. The van der Waals surface area contributed by atoms with Gasteiger partial charge in [0, 0.05) is 36.8 Å². The summed E-state index contributed by atoms with van der Waals surface area (Å²) in [6, 6.07) is 14.9. The number of halogens is 2. The van der Waals surface area contributed by atoms with Crippen LogP contribution in [0.3, 0.4) is 0 Å². The molecule has 1 amide bonds. The number of aromatic amines is 1. The third-order valence-electron chi connectivity index (χ3n) is 5.65. The normalized spacial score (nSPS) is 14.1. The van der Waals surface area contributed by atoms with Crippen LogP contribution in [0.2, 0.25) is 10.0 Å². The summed E-state index contributed by atoms with van der Waals surface area (Å²) in [6.45, 7) is 2.40. The molecule has 0 unspecified atom stereocenters. The van der Waals surface area contributed by atoms with Gasteiger partial charge in [-0.3, -0.25) is 4.79 Å². The van der Waals surface area contributed by atoms with Gasteiger partial charge < -0.3 is 20.5 Å². The first-order valence-corrected chi connectivity index (χ1v) is 11.3. The average molecular weight is 482 g/mol. The van der Waals surface area contributed by atoms with Gasteiger partial charge in [0.05, 0.1) is 11.4 Å². The molecule has 8 nitrogen and oxygen atoms in total. The van der Waals surface area contributed by atoms with Crippen molar-refractivity contribution in [3.63, 3.8) is 0 Å². The van der Waals surface area contributed by atoms with Crippen LogP contribution in [-0.2, 0) is 11.2 Å². The minimum atomic E-state index is 0.0758. The Balaban J connectivity index is 1.35. The van der Waals surface area contributed by atoms with Crippen LogP contribution in [0.5, 0.6) is 0 Å². The fourth-order valence-electron chi connectivity index (χ4n) is 4.01. The largest absolute Gasteiger partial charge is 0.368 e. The lowest BCUT2D eigenvalue weighted by molar-refractivity contribution is -0.130. The highest BCUT2D eigenvalue weighted by atomic mass is 35.5. The number of nitrogen functional groups attached to an aromatic ring is 1. The number of benzene rings is 2. The van der Waals surface area contributed by atoms with Crippen molar-refractivity contribution in [1.82, 2.24) is 24.8 Å². The SMILES string of the molecule is Nc1nc(N2CCN(C(=O)Cc3cccc(Cl)c3)CC2)c2[nH]c(-c3ccccc3Cl)nc2n1. The molecule has 10 heteroatoms. The molecule has 2 aromatic heterocycles. The van der Waals surface area contributed by atoms with E-state index in [1.807, 2.05) is 47.4 Å². The van der Waals surface area contributed by atoms with Gasteiger partial charge in [-0.25, -0.2) is 4.98 Å². The predicted octanol–water partition coefficient (Wildman–Crippen LogP) is 3.80. The average Bonchev–Trinajstić information content (AvgIpc) is 3.22. The molecular weight excluding hydrogens is 461 g/mol. The molecule has 1 aliphatic rings. The van der Waals surface area contributed by atoms with E-state index in [-0.39, 0.29) is 11.9 Å². The topological polar surface area (TPSA) is 104 Å².